The molecule has 0 bridgehead atoms. The van der Waals surface area contributed by atoms with Crippen molar-refractivity contribution in [2.24, 2.45) is 17.8 Å². The molecule has 1 spiro atoms. The van der Waals surface area contributed by atoms with Gasteiger partial charge in [-0.15, -0.1) is 0 Å². The molecule has 0 radical (unpaired) electrons. The third-order valence-corrected chi connectivity index (χ3v) is 15.0. The van der Waals surface area contributed by atoms with Crippen molar-refractivity contribution >= 4 is 24.8 Å². The molecule has 3 aliphatic carbocycles. The van der Waals surface area contributed by atoms with Gasteiger partial charge in [0.15, 0.2) is 11.6 Å². The Kier molecular flexibility index (Phi) is 4.28. The number of ether oxygens (including phenoxy) is 1. The predicted molar refractivity (Wildman–Crippen MR) is 127 cm³/mol. The van der Waals surface area contributed by atoms with Crippen molar-refractivity contribution in [2.45, 2.75) is 62.1 Å². The molecule has 2 N–H and O–H groups in total. The van der Waals surface area contributed by atoms with Crippen LogP contribution in [0.15, 0.2) is 48.5 Å². The van der Waals surface area contributed by atoms with Gasteiger partial charge < -0.3 is 14.9 Å². The van der Waals surface area contributed by atoms with E-state index in [4.69, 9.17) is 4.74 Å². The van der Waals surface area contributed by atoms with Gasteiger partial charge in [0.05, 0.1) is 25.7 Å². The summed E-state index contributed by atoms with van der Waals surface area (Å²) in [6.07, 6.45) is 1.12. The van der Waals surface area contributed by atoms with Crippen LogP contribution in [0.5, 0.6) is 5.75 Å². The summed E-state index contributed by atoms with van der Waals surface area (Å²) in [6, 6.07) is 15.4. The molecule has 2 saturated carbocycles. The summed E-state index contributed by atoms with van der Waals surface area (Å²) < 4.78 is 6.33. The number of fused-ring (bicyclic) bond motifs is 3. The number of aliphatic hydroxyl groups is 1. The first-order valence-electron chi connectivity index (χ1n) is 11.9. The van der Waals surface area contributed by atoms with Crippen LogP contribution in [0.3, 0.4) is 0 Å². The smallest absolute Gasteiger partial charge is 0.173 e. The topological polar surface area (TPSA) is 87.1 Å². The largest absolute Gasteiger partial charge is 0.507 e. The summed E-state index contributed by atoms with van der Waals surface area (Å²) in [7, 11) is -1.91. The second-order valence-corrected chi connectivity index (χ2v) is 16.4. The molecule has 7 atom stereocenters. The Morgan fingerprint density at radius 3 is 2.45 bits per heavy atom. The molecule has 3 fully saturated rings. The number of phenols is 1. The van der Waals surface area contributed by atoms with Crippen LogP contribution in [0.4, 0.5) is 0 Å². The van der Waals surface area contributed by atoms with Crippen molar-refractivity contribution in [2.75, 3.05) is 0 Å². The molecule has 0 amide bonds. The highest BCUT2D eigenvalue weighted by Crippen LogP contribution is 2.69. The van der Waals surface area contributed by atoms with Gasteiger partial charge in [-0.2, -0.15) is 0 Å². The van der Waals surface area contributed by atoms with Crippen LogP contribution in [0.25, 0.3) is 0 Å². The minimum Gasteiger partial charge on any atom is -0.507 e. The number of carbonyl (C=O) groups excluding carboxylic acids is 2. The van der Waals surface area contributed by atoms with E-state index in [9.17, 15) is 19.8 Å². The average molecular weight is 463 g/mol. The number of epoxide rings is 1. The molecule has 1 saturated heterocycles. The van der Waals surface area contributed by atoms with Crippen LogP contribution < -0.4 is 5.19 Å². The fourth-order valence-electron chi connectivity index (χ4n) is 7.44. The first kappa shape index (κ1) is 21.3. The van der Waals surface area contributed by atoms with Gasteiger partial charge in [0.1, 0.15) is 17.5 Å². The number of ketones is 2. The Labute approximate surface area is 194 Å². The van der Waals surface area contributed by atoms with Crippen molar-refractivity contribution in [1.29, 1.82) is 0 Å². The summed E-state index contributed by atoms with van der Waals surface area (Å²) >= 11 is 0. The molecule has 172 valence electrons. The Morgan fingerprint density at radius 2 is 1.73 bits per heavy atom. The number of hydrogen-bond acceptors (Lipinski definition) is 5. The van der Waals surface area contributed by atoms with Crippen molar-refractivity contribution < 1.29 is 24.5 Å². The summed E-state index contributed by atoms with van der Waals surface area (Å²) in [5, 5.41) is 23.0. The van der Waals surface area contributed by atoms with Crippen molar-refractivity contribution in [3.05, 3.63) is 59.7 Å². The molecule has 4 aliphatic rings. The third-order valence-electron chi connectivity index (χ3n) is 9.73. The second-order valence-electron chi connectivity index (χ2n) is 11.3. The number of aliphatic hydroxyl groups excluding tert-OH is 1. The summed E-state index contributed by atoms with van der Waals surface area (Å²) in [6.45, 7) is 7.18. The van der Waals surface area contributed by atoms with Gasteiger partial charge in [0.2, 0.25) is 0 Å². The molecule has 6 heteroatoms. The number of rotatable bonds is 2. The van der Waals surface area contributed by atoms with Crippen LogP contribution in [-0.4, -0.2) is 47.7 Å². The lowest BCUT2D eigenvalue weighted by molar-refractivity contribution is -0.00442. The minimum atomic E-state index is -1.91. The number of aromatic hydroxyl groups is 1. The molecular formula is C27H30O5Si. The Bertz CT molecular complexity index is 1180. The monoisotopic (exact) mass is 462 g/mol. The maximum absolute atomic E-state index is 13.7. The van der Waals surface area contributed by atoms with Crippen molar-refractivity contribution in [3.8, 4) is 5.75 Å². The van der Waals surface area contributed by atoms with Gasteiger partial charge in [-0.3, -0.25) is 9.59 Å². The van der Waals surface area contributed by atoms with Crippen LogP contribution in [0.2, 0.25) is 18.1 Å². The summed E-state index contributed by atoms with van der Waals surface area (Å²) in [5.74, 6) is -2.16. The highest BCUT2D eigenvalue weighted by molar-refractivity contribution is 6.92. The minimum absolute atomic E-state index is 0.0457. The zero-order chi connectivity index (χ0) is 23.3. The van der Waals surface area contributed by atoms with Gasteiger partial charge >= 0.3 is 0 Å². The van der Waals surface area contributed by atoms with E-state index >= 15 is 0 Å². The van der Waals surface area contributed by atoms with E-state index in [2.05, 4.69) is 44.3 Å². The summed E-state index contributed by atoms with van der Waals surface area (Å²) in [4.78, 5) is 27.1. The Morgan fingerprint density at radius 1 is 1.00 bits per heavy atom. The SMILES string of the molecule is C[C@]1([Si](C)(C)c2ccccc2)CC[C@H]2[C@H]3C(=O)c4cccc(O)c4C(=O)[C@H]3[C@@H](O)[C@@H]3O[C@]23C1. The lowest BCUT2D eigenvalue weighted by Crippen LogP contribution is -2.62. The molecule has 1 aliphatic heterocycles. The Hall–Kier alpha value is -2.28. The van der Waals surface area contributed by atoms with E-state index in [-0.39, 0.29) is 39.4 Å². The second kappa shape index (κ2) is 6.65. The van der Waals surface area contributed by atoms with E-state index < -0.39 is 37.7 Å². The van der Waals surface area contributed by atoms with E-state index in [0.29, 0.717) is 0 Å². The lowest BCUT2D eigenvalue weighted by Gasteiger charge is -2.54. The molecule has 5 nitrogen and oxygen atoms in total. The van der Waals surface area contributed by atoms with Crippen LogP contribution in [0.1, 0.15) is 46.9 Å². The first-order chi connectivity index (χ1) is 15.6. The van der Waals surface area contributed by atoms with Crippen LogP contribution >= 0.6 is 0 Å². The maximum Gasteiger partial charge on any atom is 0.173 e. The van der Waals surface area contributed by atoms with Crippen LogP contribution in [0, 0.1) is 17.8 Å². The molecule has 6 rings (SSSR count). The van der Waals surface area contributed by atoms with Crippen molar-refractivity contribution in [1.82, 2.24) is 0 Å². The Balaban J connectivity index is 1.40. The molecule has 2 aromatic carbocycles. The molecule has 2 aromatic rings. The van der Waals surface area contributed by atoms with E-state index in [1.807, 2.05) is 6.07 Å². The molecule has 0 unspecified atom stereocenters. The number of hydrogen-bond donors (Lipinski definition) is 2. The average Bonchev–Trinajstić information content (AvgIpc) is 3.51. The third kappa shape index (κ3) is 2.60. The summed E-state index contributed by atoms with van der Waals surface area (Å²) in [5.41, 5.74) is -0.194. The molecule has 0 aromatic heterocycles. The number of carbonyl (C=O) groups is 2. The maximum atomic E-state index is 13.7. The standard InChI is InChI=1S/C27H30O5Si/c1-26(33(2,3)15-8-5-4-6-9-15)13-12-17-20-21(24(31)25-27(17,14-26)32-25)23(30)19-16(22(20)29)10-7-11-18(19)28/h4-11,17,20-21,24-25,28,31H,12-14H2,1-3H3/t17-,20+,21-,24+,25-,26-,27+/m0/s1. The predicted octanol–water partition coefficient (Wildman–Crippen LogP) is 3.69. The van der Waals surface area contributed by atoms with Gasteiger partial charge in [0, 0.05) is 17.4 Å². The van der Waals surface area contributed by atoms with Gasteiger partial charge in [-0.05, 0) is 30.4 Å². The normalized spacial score (nSPS) is 39.2. The number of benzene rings is 2. The lowest BCUT2D eigenvalue weighted by atomic mass is 9.54. The first-order valence-corrected chi connectivity index (χ1v) is 14.9. The van der Waals surface area contributed by atoms with E-state index in [1.54, 1.807) is 12.1 Å². The van der Waals surface area contributed by atoms with Crippen LogP contribution in [-0.2, 0) is 4.74 Å². The fraction of sp³-hybridized carbons (Fsp3) is 0.481. The van der Waals surface area contributed by atoms with E-state index in [1.165, 1.54) is 11.3 Å². The quantitative estimate of drug-likeness (QED) is 0.525. The molecular weight excluding hydrogens is 432 g/mol. The zero-order valence-electron chi connectivity index (χ0n) is 19.2. The van der Waals surface area contributed by atoms with Gasteiger partial charge in [0.25, 0.3) is 0 Å². The highest BCUT2D eigenvalue weighted by Gasteiger charge is 2.76. The highest BCUT2D eigenvalue weighted by atomic mass is 28.3. The number of phenolic OH excluding ortho intramolecular Hbond substituents is 1. The molecule has 1 heterocycles. The van der Waals surface area contributed by atoms with Gasteiger partial charge in [-0.25, -0.2) is 0 Å². The number of Topliss-reactive ketones (excluding diaryl/α,β-unsaturated/α-hetero) is 2. The molecule has 33 heavy (non-hydrogen) atoms. The zero-order valence-corrected chi connectivity index (χ0v) is 20.2. The van der Waals surface area contributed by atoms with E-state index in [0.717, 1.165) is 19.3 Å². The van der Waals surface area contributed by atoms with Crippen molar-refractivity contribution in [3.63, 3.8) is 0 Å². The van der Waals surface area contributed by atoms with Gasteiger partial charge in [-0.1, -0.05) is 67.7 Å². The fourth-order valence-corrected chi connectivity index (χ4v) is 10.6.